The van der Waals surface area contributed by atoms with Crippen molar-refractivity contribution in [1.29, 1.82) is 0 Å². The molecule has 1 N–H and O–H groups in total. The summed E-state index contributed by atoms with van der Waals surface area (Å²) in [6.07, 6.45) is 3.41. The van der Waals surface area contributed by atoms with Crippen molar-refractivity contribution in [3.05, 3.63) is 114 Å². The maximum Gasteiger partial charge on any atom is 0.240 e. The third-order valence-corrected chi connectivity index (χ3v) is 6.74. The molecule has 0 radical (unpaired) electrons. The topological polar surface area (TPSA) is 46.2 Å². The second-order valence-electron chi connectivity index (χ2n) is 7.28. The summed E-state index contributed by atoms with van der Waals surface area (Å²) in [5, 5.41) is 0. The number of hydrogen-bond donors (Lipinski definition) is 1. The fourth-order valence-electron chi connectivity index (χ4n) is 3.63. The summed E-state index contributed by atoms with van der Waals surface area (Å²) < 4.78 is 28.9. The SMILES string of the molecule is C=CCCC(CNS(=O)(=O)c1ccc(C)cc1)(c1ccccc1)c1ccccc1. The van der Waals surface area contributed by atoms with E-state index in [1.165, 1.54) is 0 Å². The first kappa shape index (κ1) is 21.0. The van der Waals surface area contributed by atoms with Crippen LogP contribution in [0.5, 0.6) is 0 Å². The van der Waals surface area contributed by atoms with Gasteiger partial charge in [0, 0.05) is 12.0 Å². The minimum atomic E-state index is -3.63. The quantitative estimate of drug-likeness (QED) is 0.496. The van der Waals surface area contributed by atoms with Crippen LogP contribution in [0.15, 0.2) is 102 Å². The van der Waals surface area contributed by atoms with Crippen molar-refractivity contribution in [2.75, 3.05) is 6.54 Å². The molecular weight excluding hydrogens is 378 g/mol. The molecule has 3 rings (SSSR count). The Labute approximate surface area is 174 Å². The predicted octanol–water partition coefficient (Wildman–Crippen LogP) is 5.23. The zero-order valence-electron chi connectivity index (χ0n) is 16.7. The largest absolute Gasteiger partial charge is 0.240 e. The zero-order valence-corrected chi connectivity index (χ0v) is 17.5. The van der Waals surface area contributed by atoms with Crippen molar-refractivity contribution < 1.29 is 8.42 Å². The lowest BCUT2D eigenvalue weighted by molar-refractivity contribution is 0.464. The molecular formula is C25H27NO2S. The second kappa shape index (κ2) is 9.21. The monoisotopic (exact) mass is 405 g/mol. The molecule has 0 spiro atoms. The maximum absolute atomic E-state index is 13.0. The van der Waals surface area contributed by atoms with Crippen molar-refractivity contribution >= 4 is 10.0 Å². The van der Waals surface area contributed by atoms with Crippen molar-refractivity contribution in [2.24, 2.45) is 0 Å². The van der Waals surface area contributed by atoms with E-state index in [1.807, 2.05) is 61.5 Å². The first-order valence-electron chi connectivity index (χ1n) is 9.76. The summed E-state index contributed by atoms with van der Waals surface area (Å²) >= 11 is 0. The number of hydrogen-bond acceptors (Lipinski definition) is 2. The Morgan fingerprint density at radius 3 is 1.86 bits per heavy atom. The van der Waals surface area contributed by atoms with Crippen LogP contribution in [0, 0.1) is 6.92 Å². The molecule has 0 aromatic heterocycles. The van der Waals surface area contributed by atoms with Crippen molar-refractivity contribution in [2.45, 2.75) is 30.1 Å². The Kier molecular flexibility index (Phi) is 6.68. The third-order valence-electron chi connectivity index (χ3n) is 5.32. The normalized spacial score (nSPS) is 11.9. The molecule has 0 aliphatic carbocycles. The molecule has 0 aliphatic rings. The number of rotatable bonds is 9. The predicted molar refractivity (Wildman–Crippen MR) is 119 cm³/mol. The number of benzene rings is 3. The van der Waals surface area contributed by atoms with E-state index in [-0.39, 0.29) is 11.4 Å². The van der Waals surface area contributed by atoms with Gasteiger partial charge < -0.3 is 0 Å². The summed E-state index contributed by atoms with van der Waals surface area (Å²) in [6.45, 7) is 6.09. The Balaban J connectivity index is 2.03. The molecule has 0 heterocycles. The van der Waals surface area contributed by atoms with Gasteiger partial charge in [0.15, 0.2) is 0 Å². The lowest BCUT2D eigenvalue weighted by Crippen LogP contribution is -2.41. The third kappa shape index (κ3) is 4.84. The van der Waals surface area contributed by atoms with E-state index in [0.717, 1.165) is 29.5 Å². The molecule has 29 heavy (non-hydrogen) atoms. The van der Waals surface area contributed by atoms with Gasteiger partial charge in [-0.2, -0.15) is 0 Å². The Morgan fingerprint density at radius 1 is 0.862 bits per heavy atom. The Morgan fingerprint density at radius 2 is 1.38 bits per heavy atom. The number of nitrogens with one attached hydrogen (secondary N) is 1. The molecule has 3 aromatic carbocycles. The van der Waals surface area contributed by atoms with E-state index in [2.05, 4.69) is 35.6 Å². The number of sulfonamides is 1. The van der Waals surface area contributed by atoms with E-state index >= 15 is 0 Å². The molecule has 0 saturated carbocycles. The van der Waals surface area contributed by atoms with Gasteiger partial charge in [-0.05, 0) is 43.0 Å². The highest BCUT2D eigenvalue weighted by Gasteiger charge is 2.35. The second-order valence-corrected chi connectivity index (χ2v) is 9.05. The molecule has 3 aromatic rings. The number of allylic oxidation sites excluding steroid dienone is 1. The van der Waals surface area contributed by atoms with Crippen LogP contribution in [0.1, 0.15) is 29.5 Å². The van der Waals surface area contributed by atoms with Gasteiger partial charge in [0.2, 0.25) is 10.0 Å². The fourth-order valence-corrected chi connectivity index (χ4v) is 4.73. The molecule has 0 atom stereocenters. The Hall–Kier alpha value is -2.69. The van der Waals surface area contributed by atoms with Crippen LogP contribution in [0.4, 0.5) is 0 Å². The van der Waals surface area contributed by atoms with Crippen molar-refractivity contribution in [3.63, 3.8) is 0 Å². The van der Waals surface area contributed by atoms with Crippen LogP contribution >= 0.6 is 0 Å². The smallest absolute Gasteiger partial charge is 0.210 e. The van der Waals surface area contributed by atoms with E-state index in [1.54, 1.807) is 12.1 Å². The Bertz CT molecular complexity index is 988. The molecule has 0 amide bonds. The van der Waals surface area contributed by atoms with E-state index in [9.17, 15) is 8.42 Å². The van der Waals surface area contributed by atoms with Gasteiger partial charge in [-0.1, -0.05) is 84.4 Å². The average molecular weight is 406 g/mol. The van der Waals surface area contributed by atoms with Crippen LogP contribution in [0.25, 0.3) is 0 Å². The molecule has 0 bridgehead atoms. The molecule has 0 fully saturated rings. The first-order valence-corrected chi connectivity index (χ1v) is 11.2. The summed E-state index contributed by atoms with van der Waals surface area (Å²) in [5.41, 5.74) is 2.70. The first-order chi connectivity index (χ1) is 14.0. The summed E-state index contributed by atoms with van der Waals surface area (Å²) in [7, 11) is -3.63. The summed E-state index contributed by atoms with van der Waals surface area (Å²) in [6, 6.07) is 27.1. The minimum Gasteiger partial charge on any atom is -0.210 e. The minimum absolute atomic E-state index is 0.269. The van der Waals surface area contributed by atoms with Crippen molar-refractivity contribution in [3.8, 4) is 0 Å². The van der Waals surface area contributed by atoms with E-state index in [0.29, 0.717) is 0 Å². The zero-order chi connectivity index (χ0) is 20.7. The van der Waals surface area contributed by atoms with Gasteiger partial charge in [-0.15, -0.1) is 6.58 Å². The molecule has 0 saturated heterocycles. The van der Waals surface area contributed by atoms with Gasteiger partial charge >= 0.3 is 0 Å². The van der Waals surface area contributed by atoms with Gasteiger partial charge in [0.05, 0.1) is 4.90 Å². The van der Waals surface area contributed by atoms with Gasteiger partial charge in [-0.3, -0.25) is 0 Å². The molecule has 4 heteroatoms. The fraction of sp³-hybridized carbons (Fsp3) is 0.200. The van der Waals surface area contributed by atoms with Crippen LogP contribution in [-0.4, -0.2) is 15.0 Å². The van der Waals surface area contributed by atoms with Crippen LogP contribution in [0.2, 0.25) is 0 Å². The highest BCUT2D eigenvalue weighted by molar-refractivity contribution is 7.89. The van der Waals surface area contributed by atoms with E-state index < -0.39 is 15.4 Å². The molecule has 150 valence electrons. The maximum atomic E-state index is 13.0. The number of aryl methyl sites for hydroxylation is 1. The summed E-state index contributed by atoms with van der Waals surface area (Å²) in [5.74, 6) is 0. The lowest BCUT2D eigenvalue weighted by atomic mass is 9.71. The average Bonchev–Trinajstić information content (AvgIpc) is 2.76. The van der Waals surface area contributed by atoms with E-state index in [4.69, 9.17) is 0 Å². The summed E-state index contributed by atoms with van der Waals surface area (Å²) in [4.78, 5) is 0.279. The van der Waals surface area contributed by atoms with Crippen LogP contribution in [-0.2, 0) is 15.4 Å². The lowest BCUT2D eigenvalue weighted by Gasteiger charge is -2.35. The molecule has 3 nitrogen and oxygen atoms in total. The van der Waals surface area contributed by atoms with Gasteiger partial charge in [-0.25, -0.2) is 13.1 Å². The highest BCUT2D eigenvalue weighted by atomic mass is 32.2. The standard InChI is InChI=1S/C25H27NO2S/c1-3-4-19-25(22-11-7-5-8-12-22,23-13-9-6-10-14-23)20-26-29(27,28)24-17-15-21(2)16-18-24/h3,5-18,26H,1,4,19-20H2,2H3. The van der Waals surface area contributed by atoms with Gasteiger partial charge in [0.1, 0.15) is 0 Å². The molecule has 0 aliphatic heterocycles. The molecule has 0 unspecified atom stereocenters. The van der Waals surface area contributed by atoms with Crippen molar-refractivity contribution in [1.82, 2.24) is 4.72 Å². The van der Waals surface area contributed by atoms with Crippen LogP contribution in [0.3, 0.4) is 0 Å². The highest BCUT2D eigenvalue weighted by Crippen LogP contribution is 2.37. The van der Waals surface area contributed by atoms with Gasteiger partial charge in [0.25, 0.3) is 0 Å². The van der Waals surface area contributed by atoms with Crippen LogP contribution < -0.4 is 4.72 Å².